The number of amides is 1. The third-order valence-corrected chi connectivity index (χ3v) is 7.12. The first-order chi connectivity index (χ1) is 15.9. The average molecular weight is 472 g/mol. The fourth-order valence-corrected chi connectivity index (χ4v) is 4.34. The van der Waals surface area contributed by atoms with Crippen LogP contribution < -0.4 is 10.1 Å². The zero-order chi connectivity index (χ0) is 23.4. The highest BCUT2D eigenvalue weighted by molar-refractivity contribution is 7.89. The number of sulfonamides is 1. The molecule has 174 valence electrons. The van der Waals surface area contributed by atoms with Gasteiger partial charge in [0.2, 0.25) is 15.8 Å². The molecule has 1 aliphatic rings. The van der Waals surface area contributed by atoms with Gasteiger partial charge in [-0.1, -0.05) is 23.4 Å². The minimum atomic E-state index is -3.53. The highest BCUT2D eigenvalue weighted by atomic mass is 32.2. The van der Waals surface area contributed by atoms with Gasteiger partial charge in [-0.2, -0.15) is 4.98 Å². The smallest absolute Gasteiger partial charge is 0.261 e. The molecule has 33 heavy (non-hydrogen) atoms. The van der Waals surface area contributed by atoms with Gasteiger partial charge in [-0.3, -0.25) is 4.79 Å². The first-order valence-corrected chi connectivity index (χ1v) is 11.8. The van der Waals surface area contributed by atoms with E-state index in [-0.39, 0.29) is 17.4 Å². The summed E-state index contributed by atoms with van der Waals surface area (Å²) in [5.41, 5.74) is 0.608. The molecule has 2 heterocycles. The zero-order valence-electron chi connectivity index (χ0n) is 18.3. The second-order valence-electron chi connectivity index (χ2n) is 7.68. The predicted molar refractivity (Wildman–Crippen MR) is 120 cm³/mol. The number of rotatable bonds is 7. The molecule has 4 rings (SSSR count). The largest absolute Gasteiger partial charge is 0.484 e. The first-order valence-electron chi connectivity index (χ1n) is 10.4. The van der Waals surface area contributed by atoms with Gasteiger partial charge in [-0.15, -0.1) is 0 Å². The van der Waals surface area contributed by atoms with Crippen molar-refractivity contribution in [3.05, 3.63) is 60.5 Å². The second kappa shape index (κ2) is 9.69. The molecule has 11 heteroatoms. The van der Waals surface area contributed by atoms with Crippen LogP contribution in [0.25, 0.3) is 11.4 Å². The lowest BCUT2D eigenvalue weighted by Crippen LogP contribution is -2.50. The molecule has 10 nitrogen and oxygen atoms in total. The van der Waals surface area contributed by atoms with E-state index in [0.717, 1.165) is 4.31 Å². The number of carbonyl (C=O) groups is 1. The molecule has 0 bridgehead atoms. The summed E-state index contributed by atoms with van der Waals surface area (Å²) in [4.78, 5) is 19.2. The normalized spacial score (nSPS) is 16.7. The topological polar surface area (TPSA) is 118 Å². The van der Waals surface area contributed by atoms with Gasteiger partial charge in [0.05, 0.1) is 4.90 Å². The summed E-state index contributed by atoms with van der Waals surface area (Å²) >= 11 is 0. The fraction of sp³-hybridized carbons (Fsp3) is 0.318. The van der Waals surface area contributed by atoms with Gasteiger partial charge in [0.15, 0.2) is 6.61 Å². The number of ether oxygens (including phenoxy) is 1. The standard InChI is InChI=1S/C22H25N5O5S/c1-26(2)33(29,30)18-10-8-16(9-11-18)21-24-22(32-25-21)19-14-23-12-13-27(19)20(28)15-31-17-6-4-3-5-7-17/h3-11,19,23H,12-15H2,1-2H3. The quantitative estimate of drug-likeness (QED) is 0.551. The summed E-state index contributed by atoms with van der Waals surface area (Å²) in [6.07, 6.45) is 0. The van der Waals surface area contributed by atoms with E-state index < -0.39 is 16.1 Å². The summed E-state index contributed by atoms with van der Waals surface area (Å²) in [6.45, 7) is 1.51. The van der Waals surface area contributed by atoms with Crippen LogP contribution >= 0.6 is 0 Å². The van der Waals surface area contributed by atoms with Gasteiger partial charge in [0.25, 0.3) is 11.8 Å². The van der Waals surface area contributed by atoms with E-state index in [0.29, 0.717) is 42.7 Å². The summed E-state index contributed by atoms with van der Waals surface area (Å²) in [6, 6.07) is 15.0. The Bertz CT molecular complexity index is 1200. The predicted octanol–water partition coefficient (Wildman–Crippen LogP) is 1.54. The number of aromatic nitrogens is 2. The minimum Gasteiger partial charge on any atom is -0.484 e. The van der Waals surface area contributed by atoms with Crippen LogP contribution in [0.15, 0.2) is 64.0 Å². The Morgan fingerprint density at radius 1 is 1.18 bits per heavy atom. The molecule has 1 aromatic heterocycles. The number of hydrogen-bond donors (Lipinski definition) is 1. The SMILES string of the molecule is CN(C)S(=O)(=O)c1ccc(-c2noc(C3CNCCN3C(=O)COc3ccccc3)n2)cc1. The third-order valence-electron chi connectivity index (χ3n) is 5.29. The van der Waals surface area contributed by atoms with Crippen LogP contribution in [0.1, 0.15) is 11.9 Å². The van der Waals surface area contributed by atoms with Crippen molar-refractivity contribution in [1.82, 2.24) is 24.7 Å². The average Bonchev–Trinajstić information content (AvgIpc) is 3.33. The minimum absolute atomic E-state index is 0.0939. The van der Waals surface area contributed by atoms with Crippen molar-refractivity contribution in [2.45, 2.75) is 10.9 Å². The Labute approximate surface area is 192 Å². The van der Waals surface area contributed by atoms with Crippen LogP contribution in [0.5, 0.6) is 5.75 Å². The van der Waals surface area contributed by atoms with E-state index in [1.807, 2.05) is 18.2 Å². The molecule has 1 aliphatic heterocycles. The number of hydrogen-bond acceptors (Lipinski definition) is 8. The number of piperazine rings is 1. The second-order valence-corrected chi connectivity index (χ2v) is 9.83. The summed E-state index contributed by atoms with van der Waals surface area (Å²) in [5.74, 6) is 1.06. The maximum atomic E-state index is 12.8. The third kappa shape index (κ3) is 5.05. The van der Waals surface area contributed by atoms with Crippen molar-refractivity contribution in [3.8, 4) is 17.1 Å². The van der Waals surface area contributed by atoms with Crippen molar-refractivity contribution in [1.29, 1.82) is 0 Å². The molecule has 3 aromatic rings. The Hall–Kier alpha value is -3.28. The first kappa shape index (κ1) is 22.9. The molecule has 0 radical (unpaired) electrons. The van der Waals surface area contributed by atoms with Crippen molar-refractivity contribution in [2.24, 2.45) is 0 Å². The van der Waals surface area contributed by atoms with Crippen LogP contribution in [0.3, 0.4) is 0 Å². The van der Waals surface area contributed by atoms with Gasteiger partial charge < -0.3 is 19.5 Å². The van der Waals surface area contributed by atoms with Gasteiger partial charge in [0, 0.05) is 39.3 Å². The molecule has 2 aromatic carbocycles. The van der Waals surface area contributed by atoms with Gasteiger partial charge in [-0.25, -0.2) is 12.7 Å². The Balaban J connectivity index is 1.48. The number of carbonyl (C=O) groups excluding carboxylic acids is 1. The van der Waals surface area contributed by atoms with Crippen LogP contribution in [0.2, 0.25) is 0 Å². The summed E-state index contributed by atoms with van der Waals surface area (Å²) in [7, 11) is -0.571. The van der Waals surface area contributed by atoms with E-state index in [1.54, 1.807) is 29.2 Å². The lowest BCUT2D eigenvalue weighted by Gasteiger charge is -2.33. The van der Waals surface area contributed by atoms with E-state index >= 15 is 0 Å². The number of nitrogens with zero attached hydrogens (tertiary/aromatic N) is 4. The maximum Gasteiger partial charge on any atom is 0.261 e. The molecule has 0 saturated carbocycles. The lowest BCUT2D eigenvalue weighted by atomic mass is 10.2. The Morgan fingerprint density at radius 3 is 2.61 bits per heavy atom. The van der Waals surface area contributed by atoms with E-state index in [2.05, 4.69) is 15.5 Å². The molecular weight excluding hydrogens is 446 g/mol. The zero-order valence-corrected chi connectivity index (χ0v) is 19.2. The van der Waals surface area contributed by atoms with E-state index in [4.69, 9.17) is 9.26 Å². The molecule has 0 aliphatic carbocycles. The highest BCUT2D eigenvalue weighted by Crippen LogP contribution is 2.25. The molecule has 1 saturated heterocycles. The molecule has 1 amide bonds. The molecule has 1 fully saturated rings. The maximum absolute atomic E-state index is 12.8. The van der Waals surface area contributed by atoms with Gasteiger partial charge in [-0.05, 0) is 36.4 Å². The highest BCUT2D eigenvalue weighted by Gasteiger charge is 2.32. The summed E-state index contributed by atoms with van der Waals surface area (Å²) in [5, 5.41) is 7.27. The van der Waals surface area contributed by atoms with Gasteiger partial charge >= 0.3 is 0 Å². The van der Waals surface area contributed by atoms with Crippen molar-refractivity contribution in [3.63, 3.8) is 0 Å². The fourth-order valence-electron chi connectivity index (χ4n) is 3.44. The van der Waals surface area contributed by atoms with Crippen LogP contribution in [0, 0.1) is 0 Å². The number of nitrogens with one attached hydrogen (secondary N) is 1. The van der Waals surface area contributed by atoms with Crippen molar-refractivity contribution in [2.75, 3.05) is 40.3 Å². The molecular formula is C22H25N5O5S. The Morgan fingerprint density at radius 2 is 1.91 bits per heavy atom. The van der Waals surface area contributed by atoms with E-state index in [9.17, 15) is 13.2 Å². The molecule has 0 spiro atoms. The number of benzene rings is 2. The van der Waals surface area contributed by atoms with Gasteiger partial charge in [0.1, 0.15) is 11.8 Å². The van der Waals surface area contributed by atoms with Crippen molar-refractivity contribution >= 4 is 15.9 Å². The molecule has 1 N–H and O–H groups in total. The Kier molecular flexibility index (Phi) is 6.72. The molecule has 1 unspecified atom stereocenters. The van der Waals surface area contributed by atoms with E-state index in [1.165, 1.54) is 26.2 Å². The van der Waals surface area contributed by atoms with Crippen molar-refractivity contribution < 1.29 is 22.5 Å². The monoisotopic (exact) mass is 471 g/mol. The molecule has 1 atom stereocenters. The van der Waals surface area contributed by atoms with Crippen LogP contribution in [-0.2, 0) is 14.8 Å². The number of para-hydroxylation sites is 1. The summed E-state index contributed by atoms with van der Waals surface area (Å²) < 4.78 is 36.7. The lowest BCUT2D eigenvalue weighted by molar-refractivity contribution is -0.137. The van der Waals surface area contributed by atoms with Crippen LogP contribution in [-0.4, -0.2) is 74.0 Å². The van der Waals surface area contributed by atoms with Crippen LogP contribution in [0.4, 0.5) is 0 Å².